The Labute approximate surface area is 472 Å². The minimum atomic E-state index is -0.826. The third kappa shape index (κ3) is 62.0. The van der Waals surface area contributed by atoms with E-state index in [2.05, 4.69) is 69.4 Å². The predicted octanol–water partition coefficient (Wildman–Crippen LogP) is 22.7. The SMILES string of the molecule is CC/C=C\C/C=C\C/C=C\C/C=C\C/C=C\CC(=O)OC(COC(=O)CCCCCCCCCCCCCCCC)COC(=O)CCCCCCCCCCCCCCCCCCCCCCCCCCCCCCC. The largest absolute Gasteiger partial charge is 0.462 e. The number of ether oxygens (including phenoxy) is 3. The summed E-state index contributed by atoms with van der Waals surface area (Å²) in [4.78, 5) is 38.2. The lowest BCUT2D eigenvalue weighted by molar-refractivity contribution is -0.166. The molecule has 0 saturated heterocycles. The molecule has 442 valence electrons. The smallest absolute Gasteiger partial charge is 0.310 e. The fraction of sp³-hybridized carbons (Fsp3) is 0.814. The molecular weight excluding hydrogens is 937 g/mol. The summed E-state index contributed by atoms with van der Waals surface area (Å²) in [5, 5.41) is 0. The van der Waals surface area contributed by atoms with Crippen LogP contribution in [0.15, 0.2) is 60.8 Å². The first kappa shape index (κ1) is 73.1. The van der Waals surface area contributed by atoms with Gasteiger partial charge in [-0.15, -0.1) is 0 Å². The Morgan fingerprint density at radius 2 is 0.500 bits per heavy atom. The summed E-state index contributed by atoms with van der Waals surface area (Å²) in [6.07, 6.45) is 82.8. The number of hydrogen-bond acceptors (Lipinski definition) is 6. The summed E-state index contributed by atoms with van der Waals surface area (Å²) in [5.74, 6) is -1.02. The van der Waals surface area contributed by atoms with Gasteiger partial charge >= 0.3 is 17.9 Å². The fourth-order valence-corrected chi connectivity index (χ4v) is 9.88. The summed E-state index contributed by atoms with van der Waals surface area (Å²) in [6.45, 7) is 6.50. The van der Waals surface area contributed by atoms with Crippen LogP contribution in [0, 0.1) is 0 Å². The number of rotatable bonds is 61. The quantitative estimate of drug-likeness (QED) is 0.0261. The zero-order valence-corrected chi connectivity index (χ0v) is 50.8. The van der Waals surface area contributed by atoms with Crippen molar-refractivity contribution in [2.45, 2.75) is 354 Å². The summed E-state index contributed by atoms with van der Waals surface area (Å²) in [5.41, 5.74) is 0. The lowest BCUT2D eigenvalue weighted by Crippen LogP contribution is -2.30. The second-order valence-corrected chi connectivity index (χ2v) is 22.4. The minimum Gasteiger partial charge on any atom is -0.462 e. The van der Waals surface area contributed by atoms with E-state index in [1.807, 2.05) is 6.08 Å². The lowest BCUT2D eigenvalue weighted by atomic mass is 10.0. The maximum absolute atomic E-state index is 12.8. The molecule has 0 rings (SSSR count). The van der Waals surface area contributed by atoms with Crippen molar-refractivity contribution in [1.29, 1.82) is 0 Å². The molecule has 76 heavy (non-hydrogen) atoms. The van der Waals surface area contributed by atoms with Crippen molar-refractivity contribution in [1.82, 2.24) is 0 Å². The number of carbonyl (C=O) groups is 3. The van der Waals surface area contributed by atoms with Crippen molar-refractivity contribution >= 4 is 17.9 Å². The van der Waals surface area contributed by atoms with Gasteiger partial charge < -0.3 is 14.2 Å². The molecule has 0 heterocycles. The van der Waals surface area contributed by atoms with Gasteiger partial charge in [0.15, 0.2) is 6.10 Å². The van der Waals surface area contributed by atoms with Crippen LogP contribution in [0.3, 0.4) is 0 Å². The molecule has 0 bridgehead atoms. The Bertz CT molecular complexity index is 1360. The van der Waals surface area contributed by atoms with Crippen molar-refractivity contribution in [2.75, 3.05) is 13.2 Å². The van der Waals surface area contributed by atoms with Crippen LogP contribution >= 0.6 is 0 Å². The van der Waals surface area contributed by atoms with Crippen LogP contribution in [-0.2, 0) is 28.6 Å². The van der Waals surface area contributed by atoms with E-state index >= 15 is 0 Å². The van der Waals surface area contributed by atoms with Gasteiger partial charge in [0.25, 0.3) is 0 Å². The first-order valence-corrected chi connectivity index (χ1v) is 33.3. The highest BCUT2D eigenvalue weighted by Gasteiger charge is 2.19. The number of unbranched alkanes of at least 4 members (excludes halogenated alkanes) is 41. The normalized spacial score (nSPS) is 12.4. The van der Waals surface area contributed by atoms with Gasteiger partial charge in [-0.05, 0) is 44.9 Å². The molecule has 0 N–H and O–H groups in total. The highest BCUT2D eigenvalue weighted by Crippen LogP contribution is 2.18. The van der Waals surface area contributed by atoms with Crippen molar-refractivity contribution in [3.05, 3.63) is 60.8 Å². The molecule has 0 radical (unpaired) electrons. The molecule has 0 aliphatic rings. The third-order valence-corrected chi connectivity index (χ3v) is 14.8. The van der Waals surface area contributed by atoms with Crippen LogP contribution in [0.25, 0.3) is 0 Å². The third-order valence-electron chi connectivity index (χ3n) is 14.8. The van der Waals surface area contributed by atoms with Gasteiger partial charge in [0.2, 0.25) is 0 Å². The second kappa shape index (κ2) is 64.6. The minimum absolute atomic E-state index is 0.102. The number of carbonyl (C=O) groups excluding carboxylic acids is 3. The molecule has 0 spiro atoms. The van der Waals surface area contributed by atoms with E-state index in [1.165, 1.54) is 238 Å². The summed E-state index contributed by atoms with van der Waals surface area (Å²) >= 11 is 0. The zero-order chi connectivity index (χ0) is 55.0. The maximum atomic E-state index is 12.8. The van der Waals surface area contributed by atoms with E-state index in [9.17, 15) is 14.4 Å². The molecule has 1 atom stereocenters. The summed E-state index contributed by atoms with van der Waals surface area (Å²) in [7, 11) is 0. The molecule has 0 saturated carbocycles. The molecule has 0 aromatic heterocycles. The Kier molecular flexibility index (Phi) is 62.2. The molecule has 1 unspecified atom stereocenters. The van der Waals surface area contributed by atoms with Crippen LogP contribution in [0.4, 0.5) is 0 Å². The molecule has 0 aromatic rings. The monoisotopic (exact) mass is 1060 g/mol. The maximum Gasteiger partial charge on any atom is 0.310 e. The van der Waals surface area contributed by atoms with Crippen LogP contribution < -0.4 is 0 Å². The van der Waals surface area contributed by atoms with Crippen LogP contribution in [0.2, 0.25) is 0 Å². The molecule has 0 aliphatic carbocycles. The van der Waals surface area contributed by atoms with E-state index in [4.69, 9.17) is 14.2 Å². The van der Waals surface area contributed by atoms with E-state index < -0.39 is 12.1 Å². The summed E-state index contributed by atoms with van der Waals surface area (Å²) < 4.78 is 16.8. The average Bonchev–Trinajstić information content (AvgIpc) is 3.42. The molecular formula is C70H126O6. The van der Waals surface area contributed by atoms with Crippen molar-refractivity contribution in [3.63, 3.8) is 0 Å². The Morgan fingerprint density at radius 3 is 0.750 bits per heavy atom. The molecule has 6 nitrogen and oxygen atoms in total. The topological polar surface area (TPSA) is 78.9 Å². The van der Waals surface area contributed by atoms with Gasteiger partial charge in [-0.1, -0.05) is 345 Å². The van der Waals surface area contributed by atoms with Crippen molar-refractivity contribution < 1.29 is 28.6 Å². The predicted molar refractivity (Wildman–Crippen MR) is 330 cm³/mol. The first-order chi connectivity index (χ1) is 37.5. The van der Waals surface area contributed by atoms with Crippen molar-refractivity contribution in [3.8, 4) is 0 Å². The molecule has 0 amide bonds. The number of hydrogen-bond donors (Lipinski definition) is 0. The molecule has 0 fully saturated rings. The van der Waals surface area contributed by atoms with Crippen molar-refractivity contribution in [2.24, 2.45) is 0 Å². The van der Waals surface area contributed by atoms with Gasteiger partial charge in [-0.3, -0.25) is 14.4 Å². The van der Waals surface area contributed by atoms with Crippen LogP contribution in [0.5, 0.6) is 0 Å². The second-order valence-electron chi connectivity index (χ2n) is 22.4. The zero-order valence-electron chi connectivity index (χ0n) is 50.8. The first-order valence-electron chi connectivity index (χ1n) is 33.3. The van der Waals surface area contributed by atoms with Gasteiger partial charge in [-0.2, -0.15) is 0 Å². The van der Waals surface area contributed by atoms with Gasteiger partial charge in [0, 0.05) is 12.8 Å². The van der Waals surface area contributed by atoms with Gasteiger partial charge in [0.05, 0.1) is 6.42 Å². The number of allylic oxidation sites excluding steroid dienone is 9. The lowest BCUT2D eigenvalue weighted by Gasteiger charge is -2.18. The van der Waals surface area contributed by atoms with Crippen LogP contribution in [0.1, 0.15) is 348 Å². The van der Waals surface area contributed by atoms with E-state index in [1.54, 1.807) is 6.08 Å². The van der Waals surface area contributed by atoms with Crippen LogP contribution in [-0.4, -0.2) is 37.2 Å². The van der Waals surface area contributed by atoms with E-state index in [0.717, 1.165) is 70.6 Å². The van der Waals surface area contributed by atoms with Gasteiger partial charge in [0.1, 0.15) is 13.2 Å². The molecule has 6 heteroatoms. The van der Waals surface area contributed by atoms with E-state index in [-0.39, 0.29) is 31.6 Å². The summed E-state index contributed by atoms with van der Waals surface area (Å²) in [6, 6.07) is 0. The van der Waals surface area contributed by atoms with E-state index in [0.29, 0.717) is 12.8 Å². The Morgan fingerprint density at radius 1 is 0.276 bits per heavy atom. The average molecular weight is 1060 g/mol. The standard InChI is InChI=1S/C70H126O6/c1-4-7-10-13-16-19-22-25-28-29-30-31-32-33-34-35-36-37-38-39-40-41-43-45-48-51-54-57-60-63-69(72)75-66-67(65-74-68(71)62-59-56-53-50-47-44-27-24-21-18-15-12-9-6-3)76-70(73)64-61-58-55-52-49-46-42-26-23-20-17-14-11-8-5-2/h8,11,17,20,26,42,49,52,58,61,67H,4-7,9-10,12-16,18-19,21-25,27-41,43-48,50-51,53-57,59-60,62-66H2,1-3H3/b11-8-,20-17-,42-26-,52-49-,61-58-. The fourth-order valence-electron chi connectivity index (χ4n) is 9.88. The number of esters is 3. The highest BCUT2D eigenvalue weighted by molar-refractivity contribution is 5.72. The Balaban J connectivity index is 4.22. The van der Waals surface area contributed by atoms with Gasteiger partial charge in [-0.25, -0.2) is 0 Å². The Hall–Kier alpha value is -2.89. The molecule has 0 aromatic carbocycles. The highest BCUT2D eigenvalue weighted by atomic mass is 16.6. The molecule has 0 aliphatic heterocycles.